The molecule has 8 heteroatoms. The maximum atomic E-state index is 12.7. The molecule has 22 heavy (non-hydrogen) atoms. The number of benzene rings is 1. The molecule has 0 spiro atoms. The molecule has 0 aromatic heterocycles. The minimum atomic E-state index is -3.62. The molecule has 0 amide bonds. The van der Waals surface area contributed by atoms with Crippen molar-refractivity contribution in [2.24, 2.45) is 17.1 Å². The highest BCUT2D eigenvalue weighted by atomic mass is 32.2. The molecule has 0 radical (unpaired) electrons. The molecule has 2 N–H and O–H groups in total. The highest BCUT2D eigenvalue weighted by Crippen LogP contribution is 2.49. The van der Waals surface area contributed by atoms with E-state index in [1.807, 2.05) is 0 Å². The van der Waals surface area contributed by atoms with Crippen LogP contribution in [0.5, 0.6) is 0 Å². The zero-order valence-corrected chi connectivity index (χ0v) is 13.0. The maximum Gasteiger partial charge on any atom is 0.269 e. The van der Waals surface area contributed by atoms with Crippen molar-refractivity contribution in [2.45, 2.75) is 24.2 Å². The van der Waals surface area contributed by atoms with Crippen molar-refractivity contribution in [1.82, 2.24) is 4.31 Å². The fraction of sp³-hybridized carbons (Fsp3) is 0.571. The Bertz CT molecular complexity index is 689. The molecule has 0 bridgehead atoms. The second-order valence-electron chi connectivity index (χ2n) is 6.20. The molecule has 7 nitrogen and oxygen atoms in total. The molecule has 3 rings (SSSR count). The average Bonchev–Trinajstić information content (AvgIpc) is 3.04. The van der Waals surface area contributed by atoms with E-state index in [-0.39, 0.29) is 16.0 Å². The zero-order valence-electron chi connectivity index (χ0n) is 12.1. The fourth-order valence-corrected chi connectivity index (χ4v) is 5.35. The summed E-state index contributed by atoms with van der Waals surface area (Å²) in [6.45, 7) is 1.45. The summed E-state index contributed by atoms with van der Waals surface area (Å²) in [6, 6.07) is 5.05. The monoisotopic (exact) mass is 325 g/mol. The fourth-order valence-electron chi connectivity index (χ4n) is 3.77. The lowest BCUT2D eigenvalue weighted by Crippen LogP contribution is -2.36. The number of fused-ring (bicyclic) bond motifs is 1. The molecular weight excluding hydrogens is 306 g/mol. The third kappa shape index (κ3) is 2.31. The van der Waals surface area contributed by atoms with Crippen LogP contribution in [0.1, 0.15) is 19.3 Å². The van der Waals surface area contributed by atoms with Gasteiger partial charge in [0.1, 0.15) is 0 Å². The van der Waals surface area contributed by atoms with E-state index in [1.54, 1.807) is 0 Å². The molecule has 0 unspecified atom stereocenters. The van der Waals surface area contributed by atoms with Crippen LogP contribution in [0, 0.1) is 21.4 Å². The molecule has 2 fully saturated rings. The van der Waals surface area contributed by atoms with E-state index < -0.39 is 14.9 Å². The lowest BCUT2D eigenvalue weighted by molar-refractivity contribution is -0.384. The third-order valence-corrected chi connectivity index (χ3v) is 6.93. The molecule has 1 aromatic rings. The maximum absolute atomic E-state index is 12.7. The van der Waals surface area contributed by atoms with E-state index in [2.05, 4.69) is 0 Å². The standard InChI is InChI=1S/C14H19N3O4S/c15-9-14-7-1-2-11(14)8-16(10-14)22(20,21)13-5-3-12(4-6-13)17(18)19/h3-6,11H,1-2,7-10,15H2/t11-,14-/m0/s1. The van der Waals surface area contributed by atoms with Gasteiger partial charge in [-0.2, -0.15) is 4.31 Å². The van der Waals surface area contributed by atoms with E-state index in [4.69, 9.17) is 5.73 Å². The predicted octanol–water partition coefficient (Wildman–Crippen LogP) is 1.34. The van der Waals surface area contributed by atoms with Crippen molar-refractivity contribution in [3.63, 3.8) is 0 Å². The highest BCUT2D eigenvalue weighted by Gasteiger charge is 2.51. The molecule has 120 valence electrons. The Morgan fingerprint density at radius 1 is 1.36 bits per heavy atom. The van der Waals surface area contributed by atoms with Gasteiger partial charge >= 0.3 is 0 Å². The van der Waals surface area contributed by atoms with Crippen LogP contribution in [-0.2, 0) is 10.0 Å². The first-order chi connectivity index (χ1) is 10.4. The van der Waals surface area contributed by atoms with Crippen LogP contribution in [0.3, 0.4) is 0 Å². The van der Waals surface area contributed by atoms with Crippen LogP contribution in [0.4, 0.5) is 5.69 Å². The SMILES string of the molecule is NC[C@]12CCC[C@H]1CN(S(=O)(=O)c1ccc([N+](=O)[O-])cc1)C2. The van der Waals surface area contributed by atoms with Gasteiger partial charge in [0.05, 0.1) is 9.82 Å². The van der Waals surface area contributed by atoms with E-state index in [0.717, 1.165) is 19.3 Å². The molecule has 1 aliphatic heterocycles. The zero-order chi connectivity index (χ0) is 16.0. The van der Waals surface area contributed by atoms with Crippen LogP contribution >= 0.6 is 0 Å². The first-order valence-corrected chi connectivity index (χ1v) is 8.78. The molecule has 2 atom stereocenters. The number of nitro benzene ring substituents is 1. The number of hydrogen-bond donors (Lipinski definition) is 1. The van der Waals surface area contributed by atoms with Gasteiger partial charge in [-0.25, -0.2) is 8.42 Å². The molecule has 1 heterocycles. The van der Waals surface area contributed by atoms with E-state index in [0.29, 0.717) is 25.6 Å². The van der Waals surface area contributed by atoms with E-state index in [1.165, 1.54) is 28.6 Å². The van der Waals surface area contributed by atoms with Gasteiger partial charge in [0.25, 0.3) is 5.69 Å². The van der Waals surface area contributed by atoms with Crippen molar-refractivity contribution < 1.29 is 13.3 Å². The topological polar surface area (TPSA) is 107 Å². The van der Waals surface area contributed by atoms with Gasteiger partial charge in [-0.3, -0.25) is 10.1 Å². The van der Waals surface area contributed by atoms with Crippen molar-refractivity contribution in [2.75, 3.05) is 19.6 Å². The normalized spacial score (nSPS) is 28.7. The summed E-state index contributed by atoms with van der Waals surface area (Å²) in [6.07, 6.45) is 3.09. The minimum Gasteiger partial charge on any atom is -0.330 e. The number of rotatable bonds is 4. The smallest absolute Gasteiger partial charge is 0.269 e. The summed E-state index contributed by atoms with van der Waals surface area (Å²) in [5, 5.41) is 10.7. The Labute approximate surface area is 129 Å². The van der Waals surface area contributed by atoms with Crippen LogP contribution < -0.4 is 5.73 Å². The second-order valence-corrected chi connectivity index (χ2v) is 8.14. The van der Waals surface area contributed by atoms with E-state index in [9.17, 15) is 18.5 Å². The Kier molecular flexibility index (Phi) is 3.70. The minimum absolute atomic E-state index is 0.0894. The van der Waals surface area contributed by atoms with Gasteiger partial charge in [0.2, 0.25) is 10.0 Å². The van der Waals surface area contributed by atoms with Gasteiger partial charge in [-0.15, -0.1) is 0 Å². The van der Waals surface area contributed by atoms with Gasteiger partial charge in [0.15, 0.2) is 0 Å². The Morgan fingerprint density at radius 3 is 2.59 bits per heavy atom. The summed E-state index contributed by atoms with van der Waals surface area (Å²) in [7, 11) is -3.62. The van der Waals surface area contributed by atoms with Crippen LogP contribution in [-0.4, -0.2) is 37.3 Å². The number of sulfonamides is 1. The van der Waals surface area contributed by atoms with Gasteiger partial charge in [-0.1, -0.05) is 6.42 Å². The van der Waals surface area contributed by atoms with Gasteiger partial charge < -0.3 is 5.73 Å². The van der Waals surface area contributed by atoms with Crippen molar-refractivity contribution in [3.05, 3.63) is 34.4 Å². The van der Waals surface area contributed by atoms with Crippen LogP contribution in [0.2, 0.25) is 0 Å². The molecule has 1 aromatic carbocycles. The number of hydrogen-bond acceptors (Lipinski definition) is 5. The quantitative estimate of drug-likeness (QED) is 0.664. The molecular formula is C14H19N3O4S. The first kappa shape index (κ1) is 15.4. The highest BCUT2D eigenvalue weighted by molar-refractivity contribution is 7.89. The second kappa shape index (κ2) is 5.29. The Hall–Kier alpha value is -1.51. The molecule has 1 aliphatic carbocycles. The lowest BCUT2D eigenvalue weighted by atomic mass is 9.81. The number of nitrogens with two attached hydrogens (primary N) is 1. The summed E-state index contributed by atoms with van der Waals surface area (Å²) in [5.41, 5.74) is 5.71. The number of nitro groups is 1. The predicted molar refractivity (Wildman–Crippen MR) is 80.7 cm³/mol. The summed E-state index contributed by atoms with van der Waals surface area (Å²) < 4.78 is 26.9. The van der Waals surface area contributed by atoms with E-state index >= 15 is 0 Å². The van der Waals surface area contributed by atoms with Crippen molar-refractivity contribution in [1.29, 1.82) is 0 Å². The van der Waals surface area contributed by atoms with Crippen LogP contribution in [0.25, 0.3) is 0 Å². The summed E-state index contributed by atoms with van der Waals surface area (Å²) >= 11 is 0. The number of nitrogens with zero attached hydrogens (tertiary/aromatic N) is 2. The summed E-state index contributed by atoms with van der Waals surface area (Å²) in [5.74, 6) is 0.324. The third-order valence-electron chi connectivity index (χ3n) is 5.10. The van der Waals surface area contributed by atoms with Crippen molar-refractivity contribution >= 4 is 15.7 Å². The number of non-ortho nitro benzene ring substituents is 1. The summed E-state index contributed by atoms with van der Waals surface area (Å²) in [4.78, 5) is 10.2. The molecule has 2 aliphatic rings. The largest absolute Gasteiger partial charge is 0.330 e. The molecule has 1 saturated carbocycles. The Morgan fingerprint density at radius 2 is 2.05 bits per heavy atom. The van der Waals surface area contributed by atoms with Crippen LogP contribution in [0.15, 0.2) is 29.2 Å². The lowest BCUT2D eigenvalue weighted by Gasteiger charge is -2.26. The van der Waals surface area contributed by atoms with Gasteiger partial charge in [0, 0.05) is 30.6 Å². The Balaban J connectivity index is 1.86. The molecule has 1 saturated heterocycles. The average molecular weight is 325 g/mol. The van der Waals surface area contributed by atoms with Gasteiger partial charge in [-0.05, 0) is 37.4 Å². The first-order valence-electron chi connectivity index (χ1n) is 7.34. The van der Waals surface area contributed by atoms with Crippen molar-refractivity contribution in [3.8, 4) is 0 Å².